The maximum atomic E-state index is 12.7. The number of benzene rings is 1. The number of ether oxygens (including phenoxy) is 1. The second-order valence-electron chi connectivity index (χ2n) is 5.47. The Morgan fingerprint density at radius 3 is 2.73 bits per heavy atom. The molecule has 8 heteroatoms. The highest BCUT2D eigenvalue weighted by atomic mass is 35.5. The molecule has 1 aromatic carbocycles. The second-order valence-corrected chi connectivity index (χ2v) is 7.17. The number of nitrogens with zero attached hydrogens (tertiary/aromatic N) is 3. The molecule has 1 N–H and O–H groups in total. The largest absolute Gasteiger partial charge is 0.474 e. The van der Waals surface area contributed by atoms with Crippen LogP contribution in [0.3, 0.4) is 0 Å². The monoisotopic (exact) mass is 386 g/mol. The predicted octanol–water partition coefficient (Wildman–Crippen LogP) is 3.31. The molecule has 0 saturated carbocycles. The zero-order chi connectivity index (χ0) is 18.1. The molecule has 0 spiro atoms. The van der Waals surface area contributed by atoms with E-state index in [0.717, 1.165) is 4.88 Å². The van der Waals surface area contributed by atoms with Crippen LogP contribution in [0, 0.1) is 0 Å². The van der Waals surface area contributed by atoms with E-state index in [9.17, 15) is 9.90 Å². The number of esters is 1. The summed E-state index contributed by atoms with van der Waals surface area (Å²) in [5.74, 6) is -0.416. The lowest BCUT2D eigenvalue weighted by Gasteiger charge is -2.01. The summed E-state index contributed by atoms with van der Waals surface area (Å²) in [6.07, 6.45) is 3.35. The highest BCUT2D eigenvalue weighted by Gasteiger charge is 2.32. The molecule has 3 aromatic heterocycles. The number of thiazole rings is 1. The minimum absolute atomic E-state index is 0.0556. The van der Waals surface area contributed by atoms with Gasteiger partial charge in [-0.15, -0.1) is 11.3 Å². The molecule has 0 aliphatic carbocycles. The number of carbonyl (C=O) groups excluding carboxylic acids is 1. The highest BCUT2D eigenvalue weighted by molar-refractivity contribution is 7.15. The topological polar surface area (TPSA) is 67.7 Å². The lowest BCUT2D eigenvalue weighted by atomic mass is 10.3. The van der Waals surface area contributed by atoms with Gasteiger partial charge in [-0.3, -0.25) is 0 Å². The van der Waals surface area contributed by atoms with E-state index in [4.69, 9.17) is 16.3 Å². The zero-order valence-corrected chi connectivity index (χ0v) is 14.9. The van der Waals surface area contributed by atoms with Gasteiger partial charge in [-0.2, -0.15) is 8.97 Å². The van der Waals surface area contributed by atoms with Crippen molar-refractivity contribution >= 4 is 34.6 Å². The van der Waals surface area contributed by atoms with Gasteiger partial charge in [0.05, 0.1) is 11.1 Å². The Morgan fingerprint density at radius 2 is 2.00 bits per heavy atom. The molecule has 4 rings (SSSR count). The van der Waals surface area contributed by atoms with Crippen LogP contribution in [-0.2, 0) is 6.54 Å². The summed E-state index contributed by atoms with van der Waals surface area (Å²) in [6, 6.07) is 14.1. The van der Waals surface area contributed by atoms with Crippen molar-refractivity contribution in [3.8, 4) is 11.6 Å². The Labute approximate surface area is 157 Å². The van der Waals surface area contributed by atoms with E-state index >= 15 is 0 Å². The lowest BCUT2D eigenvalue weighted by molar-refractivity contribution is -0.667. The second kappa shape index (κ2) is 6.78. The van der Waals surface area contributed by atoms with Gasteiger partial charge in [-0.1, -0.05) is 35.9 Å². The first-order valence-electron chi connectivity index (χ1n) is 7.73. The average molecular weight is 387 g/mol. The molecule has 0 aliphatic heterocycles. The van der Waals surface area contributed by atoms with E-state index in [2.05, 4.69) is 4.98 Å². The quantitative estimate of drug-likeness (QED) is 0.332. The molecule has 0 aliphatic rings. The SMILES string of the molecule is O=C(Oc1ccccc1)c1c(O)[n+](Cc2cnc(Cl)s2)c2ccccn12. The molecule has 0 atom stereocenters. The van der Waals surface area contributed by atoms with Crippen LogP contribution in [-0.4, -0.2) is 20.5 Å². The summed E-state index contributed by atoms with van der Waals surface area (Å²) in [4.78, 5) is 17.5. The summed E-state index contributed by atoms with van der Waals surface area (Å²) in [5.41, 5.74) is 0.703. The number of fused-ring (bicyclic) bond motifs is 1. The maximum absolute atomic E-state index is 12.7. The van der Waals surface area contributed by atoms with Gasteiger partial charge in [0.2, 0.25) is 0 Å². The average Bonchev–Trinajstić information content (AvgIpc) is 3.17. The summed E-state index contributed by atoms with van der Waals surface area (Å²) >= 11 is 7.20. The molecule has 26 heavy (non-hydrogen) atoms. The standard InChI is InChI=1S/C18H12ClN3O3S/c19-18-20-10-13(26-18)11-22-14-8-4-5-9-21(14)15(16(22)23)17(24)25-12-6-2-1-3-7-12/h1-10H,11H2/p+1. The van der Waals surface area contributed by atoms with Crippen molar-refractivity contribution in [1.29, 1.82) is 0 Å². The molecule has 0 unspecified atom stereocenters. The first-order valence-corrected chi connectivity index (χ1v) is 8.92. The molecular weight excluding hydrogens is 374 g/mol. The number of halogens is 1. The molecule has 3 heterocycles. The first-order chi connectivity index (χ1) is 12.6. The third-order valence-corrected chi connectivity index (χ3v) is 4.91. The number of aromatic nitrogens is 3. The summed E-state index contributed by atoms with van der Waals surface area (Å²) in [6.45, 7) is 0.336. The van der Waals surface area contributed by atoms with E-state index < -0.39 is 5.97 Å². The van der Waals surface area contributed by atoms with Crippen molar-refractivity contribution in [2.45, 2.75) is 6.54 Å². The number of imidazole rings is 1. The Balaban J connectivity index is 1.77. The molecule has 0 radical (unpaired) electrons. The van der Waals surface area contributed by atoms with Crippen LogP contribution >= 0.6 is 22.9 Å². The molecule has 4 aromatic rings. The molecule has 0 amide bonds. The minimum atomic E-state index is -0.643. The van der Waals surface area contributed by atoms with Gasteiger partial charge in [-0.25, -0.2) is 9.78 Å². The van der Waals surface area contributed by atoms with Gasteiger partial charge in [0.15, 0.2) is 4.47 Å². The van der Waals surface area contributed by atoms with Crippen molar-refractivity contribution in [2.24, 2.45) is 0 Å². The first kappa shape index (κ1) is 16.6. The smallest absolute Gasteiger partial charge is 0.392 e. The maximum Gasteiger partial charge on any atom is 0.392 e. The third-order valence-electron chi connectivity index (χ3n) is 3.81. The third kappa shape index (κ3) is 3.02. The van der Waals surface area contributed by atoms with Gasteiger partial charge in [-0.05, 0) is 18.2 Å². The fourth-order valence-electron chi connectivity index (χ4n) is 2.69. The Morgan fingerprint density at radius 1 is 1.23 bits per heavy atom. The van der Waals surface area contributed by atoms with E-state index in [1.165, 1.54) is 11.3 Å². The highest BCUT2D eigenvalue weighted by Crippen LogP contribution is 2.22. The van der Waals surface area contributed by atoms with Crippen LogP contribution in [0.2, 0.25) is 4.47 Å². The Hall–Kier alpha value is -2.90. The number of carbonyl (C=O) groups is 1. The number of hydrogen-bond acceptors (Lipinski definition) is 5. The van der Waals surface area contributed by atoms with Gasteiger partial charge in [0, 0.05) is 12.3 Å². The Bertz CT molecular complexity index is 1090. The summed E-state index contributed by atoms with van der Waals surface area (Å²) < 4.78 is 9.03. The number of para-hydroxylation sites is 1. The van der Waals surface area contributed by atoms with Gasteiger partial charge >= 0.3 is 17.5 Å². The van der Waals surface area contributed by atoms with Crippen LogP contribution < -0.4 is 9.30 Å². The number of hydrogen-bond donors (Lipinski definition) is 1. The van der Waals surface area contributed by atoms with Crippen molar-refractivity contribution in [2.75, 3.05) is 0 Å². The molecule has 130 valence electrons. The van der Waals surface area contributed by atoms with Crippen molar-refractivity contribution < 1.29 is 19.2 Å². The molecule has 0 saturated heterocycles. The lowest BCUT2D eigenvalue weighted by Crippen LogP contribution is -2.33. The zero-order valence-electron chi connectivity index (χ0n) is 13.4. The van der Waals surface area contributed by atoms with Gasteiger partial charge in [0.1, 0.15) is 12.3 Å². The van der Waals surface area contributed by atoms with Gasteiger partial charge in [0.25, 0.3) is 5.65 Å². The van der Waals surface area contributed by atoms with Crippen LogP contribution in [0.5, 0.6) is 11.6 Å². The fourth-order valence-corrected chi connectivity index (χ4v) is 3.66. The number of aromatic hydroxyl groups is 1. The van der Waals surface area contributed by atoms with Crippen molar-refractivity contribution in [1.82, 2.24) is 9.38 Å². The van der Waals surface area contributed by atoms with E-state index in [0.29, 0.717) is 22.4 Å². The summed E-state index contributed by atoms with van der Waals surface area (Å²) in [7, 11) is 0. The van der Waals surface area contributed by atoms with Crippen molar-refractivity contribution in [3.63, 3.8) is 0 Å². The van der Waals surface area contributed by atoms with Crippen molar-refractivity contribution in [3.05, 3.63) is 76.0 Å². The summed E-state index contributed by atoms with van der Waals surface area (Å²) in [5, 5.41) is 10.7. The van der Waals surface area contributed by atoms with Gasteiger partial charge < -0.3 is 9.84 Å². The van der Waals surface area contributed by atoms with E-state index in [1.807, 2.05) is 18.2 Å². The molecular formula is C18H13ClN3O3S+. The molecule has 0 bridgehead atoms. The van der Waals surface area contributed by atoms with Crippen LogP contribution in [0.15, 0.2) is 60.9 Å². The van der Waals surface area contributed by atoms with Crippen LogP contribution in [0.25, 0.3) is 5.65 Å². The number of rotatable bonds is 4. The minimum Gasteiger partial charge on any atom is -0.474 e. The normalized spacial score (nSPS) is 11.0. The molecule has 0 fully saturated rings. The van der Waals surface area contributed by atoms with Crippen LogP contribution in [0.4, 0.5) is 0 Å². The van der Waals surface area contributed by atoms with E-state index in [1.54, 1.807) is 51.7 Å². The molecule has 6 nitrogen and oxygen atoms in total. The predicted molar refractivity (Wildman–Crippen MR) is 96.9 cm³/mol. The van der Waals surface area contributed by atoms with E-state index in [-0.39, 0.29) is 11.6 Å². The Kier molecular flexibility index (Phi) is 4.32. The fraction of sp³-hybridized carbons (Fsp3) is 0.0556. The number of pyridine rings is 1. The van der Waals surface area contributed by atoms with Crippen LogP contribution in [0.1, 0.15) is 15.4 Å².